The van der Waals surface area contributed by atoms with Gasteiger partial charge in [-0.3, -0.25) is 10.1 Å². The summed E-state index contributed by atoms with van der Waals surface area (Å²) in [6.07, 6.45) is 0.987. The van der Waals surface area contributed by atoms with Crippen LogP contribution in [0, 0.1) is 16.0 Å². The van der Waals surface area contributed by atoms with Crippen molar-refractivity contribution in [3.63, 3.8) is 0 Å². The number of anilines is 2. The molecule has 0 aliphatic heterocycles. The van der Waals surface area contributed by atoms with Crippen molar-refractivity contribution < 1.29 is 4.92 Å². The molecule has 0 aromatic carbocycles. The molecule has 100 valence electrons. The van der Waals surface area contributed by atoms with Gasteiger partial charge in [-0.2, -0.15) is 0 Å². The molecule has 1 aromatic heterocycles. The van der Waals surface area contributed by atoms with Gasteiger partial charge in [0.25, 0.3) is 5.69 Å². The van der Waals surface area contributed by atoms with Crippen molar-refractivity contribution in [1.29, 1.82) is 0 Å². The van der Waals surface area contributed by atoms with Gasteiger partial charge in [0.2, 0.25) is 0 Å². The number of aromatic nitrogens is 1. The molecule has 1 unspecified atom stereocenters. The van der Waals surface area contributed by atoms with E-state index in [4.69, 9.17) is 5.73 Å². The maximum atomic E-state index is 10.8. The highest BCUT2D eigenvalue weighted by molar-refractivity contribution is 5.54. The van der Waals surface area contributed by atoms with Gasteiger partial charge >= 0.3 is 0 Å². The normalized spacial score (nSPS) is 12.5. The summed E-state index contributed by atoms with van der Waals surface area (Å²) < 4.78 is 0. The highest BCUT2D eigenvalue weighted by atomic mass is 16.6. The topological polar surface area (TPSA) is 85.3 Å². The molecule has 6 heteroatoms. The van der Waals surface area contributed by atoms with E-state index >= 15 is 0 Å². The number of hydrogen-bond donors (Lipinski definition) is 1. The first kappa shape index (κ1) is 14.2. The Labute approximate surface area is 107 Å². The highest BCUT2D eigenvalue weighted by Crippen LogP contribution is 2.23. The Hall–Kier alpha value is -1.85. The fourth-order valence-corrected chi connectivity index (χ4v) is 1.87. The molecule has 1 heterocycles. The SMILES string of the molecule is CC(C)CC(C)N(C)c1cc([N+](=O)[O-])cc(N)n1. The minimum Gasteiger partial charge on any atom is -0.383 e. The van der Waals surface area contributed by atoms with Gasteiger partial charge < -0.3 is 10.6 Å². The van der Waals surface area contributed by atoms with E-state index in [-0.39, 0.29) is 17.5 Å². The second kappa shape index (κ2) is 5.66. The van der Waals surface area contributed by atoms with E-state index in [1.807, 2.05) is 11.9 Å². The largest absolute Gasteiger partial charge is 0.383 e. The summed E-state index contributed by atoms with van der Waals surface area (Å²) in [7, 11) is 1.87. The fraction of sp³-hybridized carbons (Fsp3) is 0.583. The van der Waals surface area contributed by atoms with E-state index in [0.717, 1.165) is 6.42 Å². The van der Waals surface area contributed by atoms with E-state index in [2.05, 4.69) is 25.8 Å². The minimum absolute atomic E-state index is 0.0268. The molecule has 1 aromatic rings. The predicted molar refractivity (Wildman–Crippen MR) is 72.6 cm³/mol. The molecule has 2 N–H and O–H groups in total. The maximum Gasteiger partial charge on any atom is 0.276 e. The zero-order valence-corrected chi connectivity index (χ0v) is 11.3. The van der Waals surface area contributed by atoms with Crippen LogP contribution in [0.3, 0.4) is 0 Å². The van der Waals surface area contributed by atoms with Crippen LogP contribution in [-0.4, -0.2) is 23.0 Å². The van der Waals surface area contributed by atoms with Gasteiger partial charge in [-0.25, -0.2) is 4.98 Å². The summed E-state index contributed by atoms with van der Waals surface area (Å²) in [5.41, 5.74) is 5.57. The van der Waals surface area contributed by atoms with Crippen molar-refractivity contribution >= 4 is 17.3 Å². The lowest BCUT2D eigenvalue weighted by atomic mass is 10.0. The number of nitrogens with two attached hydrogens (primary N) is 1. The molecule has 6 nitrogen and oxygen atoms in total. The van der Waals surface area contributed by atoms with Crippen molar-refractivity contribution in [2.45, 2.75) is 33.2 Å². The third-order valence-corrected chi connectivity index (χ3v) is 2.86. The average Bonchev–Trinajstić information content (AvgIpc) is 2.26. The van der Waals surface area contributed by atoms with Crippen LogP contribution in [0.15, 0.2) is 12.1 Å². The molecule has 0 fully saturated rings. The van der Waals surface area contributed by atoms with Crippen LogP contribution >= 0.6 is 0 Å². The minimum atomic E-state index is -0.456. The molecule has 0 saturated heterocycles. The van der Waals surface area contributed by atoms with Crippen LogP contribution in [0.25, 0.3) is 0 Å². The first-order valence-corrected chi connectivity index (χ1v) is 5.96. The molecular formula is C12H20N4O2. The van der Waals surface area contributed by atoms with Gasteiger partial charge in [0.1, 0.15) is 11.6 Å². The van der Waals surface area contributed by atoms with Crippen molar-refractivity contribution in [3.05, 3.63) is 22.2 Å². The number of rotatable bonds is 5. The first-order valence-electron chi connectivity index (χ1n) is 5.96. The van der Waals surface area contributed by atoms with Crippen LogP contribution in [-0.2, 0) is 0 Å². The molecule has 0 aliphatic rings. The van der Waals surface area contributed by atoms with E-state index < -0.39 is 4.92 Å². The van der Waals surface area contributed by atoms with Crippen LogP contribution in [0.1, 0.15) is 27.2 Å². The molecule has 0 spiro atoms. The van der Waals surface area contributed by atoms with E-state index in [1.165, 1.54) is 12.1 Å². The van der Waals surface area contributed by atoms with Crippen molar-refractivity contribution in [2.24, 2.45) is 5.92 Å². The van der Waals surface area contributed by atoms with E-state index in [9.17, 15) is 10.1 Å². The summed E-state index contributed by atoms with van der Waals surface area (Å²) in [5.74, 6) is 1.26. The number of pyridine rings is 1. The molecule has 0 saturated carbocycles. The van der Waals surface area contributed by atoms with Crippen LogP contribution < -0.4 is 10.6 Å². The molecular weight excluding hydrogens is 232 g/mol. The molecule has 18 heavy (non-hydrogen) atoms. The first-order chi connectivity index (χ1) is 8.31. The van der Waals surface area contributed by atoms with Crippen LogP contribution in [0.2, 0.25) is 0 Å². The summed E-state index contributed by atoms with van der Waals surface area (Å²) in [6.45, 7) is 6.34. The second-order valence-electron chi connectivity index (χ2n) is 4.95. The maximum absolute atomic E-state index is 10.8. The number of hydrogen-bond acceptors (Lipinski definition) is 5. The quantitative estimate of drug-likeness (QED) is 0.642. The fourth-order valence-electron chi connectivity index (χ4n) is 1.87. The summed E-state index contributed by atoms with van der Waals surface area (Å²) in [6, 6.07) is 2.97. The Morgan fingerprint density at radius 1 is 1.44 bits per heavy atom. The Morgan fingerprint density at radius 3 is 2.56 bits per heavy atom. The van der Waals surface area contributed by atoms with Gasteiger partial charge in [-0.1, -0.05) is 13.8 Å². The van der Waals surface area contributed by atoms with Crippen molar-refractivity contribution in [3.8, 4) is 0 Å². The predicted octanol–water partition coefficient (Wildman–Crippen LogP) is 2.44. The van der Waals surface area contributed by atoms with Gasteiger partial charge in [-0.05, 0) is 19.3 Å². The number of nitrogens with zero attached hydrogens (tertiary/aromatic N) is 3. The number of nitro groups is 1. The highest BCUT2D eigenvalue weighted by Gasteiger charge is 2.17. The van der Waals surface area contributed by atoms with E-state index in [0.29, 0.717) is 11.7 Å². The third-order valence-electron chi connectivity index (χ3n) is 2.86. The third kappa shape index (κ3) is 3.58. The molecule has 0 bridgehead atoms. The summed E-state index contributed by atoms with van der Waals surface area (Å²) in [5, 5.41) is 10.8. The summed E-state index contributed by atoms with van der Waals surface area (Å²) >= 11 is 0. The van der Waals surface area contributed by atoms with Crippen LogP contribution in [0.4, 0.5) is 17.3 Å². The lowest BCUT2D eigenvalue weighted by Gasteiger charge is -2.27. The summed E-state index contributed by atoms with van der Waals surface area (Å²) in [4.78, 5) is 16.4. The smallest absolute Gasteiger partial charge is 0.276 e. The standard InChI is InChI=1S/C12H20N4O2/c1-8(2)5-9(3)15(4)12-7-10(16(17)18)6-11(13)14-12/h6-9H,5H2,1-4H3,(H2,13,14). The Balaban J connectivity index is 2.98. The average molecular weight is 252 g/mol. The van der Waals surface area contributed by atoms with E-state index in [1.54, 1.807) is 0 Å². The van der Waals surface area contributed by atoms with Gasteiger partial charge in [-0.15, -0.1) is 0 Å². The van der Waals surface area contributed by atoms with Gasteiger partial charge in [0.05, 0.1) is 17.1 Å². The molecule has 0 aliphatic carbocycles. The second-order valence-corrected chi connectivity index (χ2v) is 4.95. The lowest BCUT2D eigenvalue weighted by Crippen LogP contribution is -2.30. The van der Waals surface area contributed by atoms with Gasteiger partial charge in [0.15, 0.2) is 0 Å². The molecule has 0 amide bonds. The molecule has 1 rings (SSSR count). The zero-order chi connectivity index (χ0) is 13.9. The van der Waals surface area contributed by atoms with Crippen molar-refractivity contribution in [2.75, 3.05) is 17.7 Å². The lowest BCUT2D eigenvalue weighted by molar-refractivity contribution is -0.384. The molecule has 1 atom stereocenters. The monoisotopic (exact) mass is 252 g/mol. The zero-order valence-electron chi connectivity index (χ0n) is 11.3. The van der Waals surface area contributed by atoms with Crippen LogP contribution in [0.5, 0.6) is 0 Å². The number of nitrogen functional groups attached to an aromatic ring is 1. The molecule has 0 radical (unpaired) electrons. The Kier molecular flexibility index (Phi) is 4.47. The Morgan fingerprint density at radius 2 is 2.06 bits per heavy atom. The van der Waals surface area contributed by atoms with Crippen molar-refractivity contribution in [1.82, 2.24) is 4.98 Å². The van der Waals surface area contributed by atoms with Gasteiger partial charge in [0, 0.05) is 13.1 Å². The Bertz CT molecular complexity index is 434.